The molecule has 9 nitrogen and oxygen atoms in total. The molecular weight excluding hydrogens is 480 g/mol. The summed E-state index contributed by atoms with van der Waals surface area (Å²) in [6, 6.07) is 26.1. The number of methoxy groups -OCH3 is 1. The van der Waals surface area contributed by atoms with E-state index in [1.807, 2.05) is 54.6 Å². The number of piperazine rings is 1. The van der Waals surface area contributed by atoms with E-state index in [0.29, 0.717) is 26.2 Å². The van der Waals surface area contributed by atoms with E-state index < -0.39 is 0 Å². The van der Waals surface area contributed by atoms with Crippen LogP contribution in [-0.2, 0) is 6.54 Å². The Kier molecular flexibility index (Phi) is 8.25. The SMILES string of the molecule is COc1ccc(N2CCN(c3ccc(-n4cnn(CCNCCOc5ccccc5)c4=O)cc3)CC2)cc1. The summed E-state index contributed by atoms with van der Waals surface area (Å²) in [6.45, 7) is 6.17. The van der Waals surface area contributed by atoms with Gasteiger partial charge in [-0.3, -0.25) is 0 Å². The minimum absolute atomic E-state index is 0.145. The van der Waals surface area contributed by atoms with E-state index >= 15 is 0 Å². The third-order valence-corrected chi connectivity index (χ3v) is 6.73. The van der Waals surface area contributed by atoms with Crippen LogP contribution < -0.4 is 30.3 Å². The molecule has 1 fully saturated rings. The van der Waals surface area contributed by atoms with Crippen LogP contribution >= 0.6 is 0 Å². The van der Waals surface area contributed by atoms with Gasteiger partial charge in [0.1, 0.15) is 24.4 Å². The molecule has 0 bridgehead atoms. The molecule has 9 heteroatoms. The molecule has 2 heterocycles. The lowest BCUT2D eigenvalue weighted by Crippen LogP contribution is -2.46. The van der Waals surface area contributed by atoms with E-state index in [0.717, 1.165) is 49.1 Å². The summed E-state index contributed by atoms with van der Waals surface area (Å²) in [5.74, 6) is 1.73. The van der Waals surface area contributed by atoms with Crippen molar-refractivity contribution in [2.75, 3.05) is 62.8 Å². The number of hydrogen-bond acceptors (Lipinski definition) is 7. The van der Waals surface area contributed by atoms with Crippen molar-refractivity contribution in [1.29, 1.82) is 0 Å². The maximum Gasteiger partial charge on any atom is 0.350 e. The van der Waals surface area contributed by atoms with E-state index in [2.05, 4.69) is 44.5 Å². The van der Waals surface area contributed by atoms with Crippen LogP contribution in [-0.4, -0.2) is 67.3 Å². The first kappa shape index (κ1) is 25.4. The summed E-state index contributed by atoms with van der Waals surface area (Å²) in [4.78, 5) is 17.6. The van der Waals surface area contributed by atoms with E-state index in [4.69, 9.17) is 9.47 Å². The Morgan fingerprint density at radius 2 is 1.37 bits per heavy atom. The van der Waals surface area contributed by atoms with Gasteiger partial charge in [0.15, 0.2) is 0 Å². The second-order valence-corrected chi connectivity index (χ2v) is 9.11. The summed E-state index contributed by atoms with van der Waals surface area (Å²) < 4.78 is 14.0. The summed E-state index contributed by atoms with van der Waals surface area (Å²) in [5, 5.41) is 7.58. The second-order valence-electron chi connectivity index (χ2n) is 9.11. The number of hydrogen-bond donors (Lipinski definition) is 1. The van der Waals surface area contributed by atoms with Crippen molar-refractivity contribution in [1.82, 2.24) is 19.7 Å². The zero-order chi connectivity index (χ0) is 26.2. The molecule has 1 N–H and O–H groups in total. The van der Waals surface area contributed by atoms with Crippen LogP contribution in [0.1, 0.15) is 0 Å². The molecular formula is C29H34N6O3. The van der Waals surface area contributed by atoms with Gasteiger partial charge in [0.2, 0.25) is 0 Å². The van der Waals surface area contributed by atoms with E-state index in [1.165, 1.54) is 10.4 Å². The fourth-order valence-electron chi connectivity index (χ4n) is 4.58. The Morgan fingerprint density at radius 3 is 2.00 bits per heavy atom. The van der Waals surface area contributed by atoms with Crippen LogP contribution in [0.2, 0.25) is 0 Å². The lowest BCUT2D eigenvalue weighted by molar-refractivity contribution is 0.312. The molecule has 1 aromatic heterocycles. The first-order valence-corrected chi connectivity index (χ1v) is 13.0. The Bertz CT molecular complexity index is 1330. The molecule has 0 saturated carbocycles. The van der Waals surface area contributed by atoms with Crippen molar-refractivity contribution in [3.05, 3.63) is 95.7 Å². The van der Waals surface area contributed by atoms with Gasteiger partial charge in [-0.15, -0.1) is 0 Å². The second kappa shape index (κ2) is 12.3. The monoisotopic (exact) mass is 514 g/mol. The largest absolute Gasteiger partial charge is 0.497 e. The fourth-order valence-corrected chi connectivity index (χ4v) is 4.58. The maximum atomic E-state index is 12.9. The molecule has 0 atom stereocenters. The summed E-state index contributed by atoms with van der Waals surface area (Å²) >= 11 is 0. The van der Waals surface area contributed by atoms with Crippen molar-refractivity contribution in [3.63, 3.8) is 0 Å². The van der Waals surface area contributed by atoms with Gasteiger partial charge in [-0.05, 0) is 60.7 Å². The summed E-state index contributed by atoms with van der Waals surface area (Å²) in [5.41, 5.74) is 3.04. The van der Waals surface area contributed by atoms with E-state index in [-0.39, 0.29) is 5.69 Å². The van der Waals surface area contributed by atoms with Gasteiger partial charge < -0.3 is 24.6 Å². The zero-order valence-electron chi connectivity index (χ0n) is 21.7. The fraction of sp³-hybridized carbons (Fsp3) is 0.310. The van der Waals surface area contributed by atoms with Gasteiger partial charge in [-0.2, -0.15) is 5.10 Å². The Labute approximate surface area is 222 Å². The molecule has 3 aromatic carbocycles. The quantitative estimate of drug-likeness (QED) is 0.308. The summed E-state index contributed by atoms with van der Waals surface area (Å²) in [6.07, 6.45) is 1.59. The lowest BCUT2D eigenvalue weighted by atomic mass is 10.2. The number of nitrogens with one attached hydrogen (secondary N) is 1. The number of nitrogens with zero attached hydrogens (tertiary/aromatic N) is 5. The molecule has 4 aromatic rings. The third-order valence-electron chi connectivity index (χ3n) is 6.73. The molecule has 5 rings (SSSR count). The smallest absolute Gasteiger partial charge is 0.350 e. The zero-order valence-corrected chi connectivity index (χ0v) is 21.7. The van der Waals surface area contributed by atoms with Gasteiger partial charge in [0.25, 0.3) is 0 Å². The number of anilines is 2. The van der Waals surface area contributed by atoms with Crippen LogP contribution in [0.25, 0.3) is 5.69 Å². The average molecular weight is 515 g/mol. The highest BCUT2D eigenvalue weighted by atomic mass is 16.5. The van der Waals surface area contributed by atoms with Crippen LogP contribution in [0.4, 0.5) is 11.4 Å². The van der Waals surface area contributed by atoms with Crippen LogP contribution in [0, 0.1) is 0 Å². The van der Waals surface area contributed by atoms with Crippen molar-refractivity contribution in [2.24, 2.45) is 0 Å². The number of rotatable bonds is 11. The van der Waals surface area contributed by atoms with E-state index in [9.17, 15) is 4.79 Å². The first-order chi connectivity index (χ1) is 18.7. The van der Waals surface area contributed by atoms with Crippen LogP contribution in [0.3, 0.4) is 0 Å². The van der Waals surface area contributed by atoms with Crippen molar-refractivity contribution >= 4 is 11.4 Å². The molecule has 1 aliphatic heterocycles. The van der Waals surface area contributed by atoms with Crippen molar-refractivity contribution in [2.45, 2.75) is 6.54 Å². The number of aromatic nitrogens is 3. The van der Waals surface area contributed by atoms with Crippen molar-refractivity contribution < 1.29 is 9.47 Å². The van der Waals surface area contributed by atoms with Crippen LogP contribution in [0.15, 0.2) is 90.0 Å². The minimum Gasteiger partial charge on any atom is -0.497 e. The van der Waals surface area contributed by atoms with Gasteiger partial charge >= 0.3 is 5.69 Å². The Balaban J connectivity index is 1.09. The van der Waals surface area contributed by atoms with Gasteiger partial charge in [0.05, 0.1) is 19.3 Å². The predicted molar refractivity (Wildman–Crippen MR) is 150 cm³/mol. The third kappa shape index (κ3) is 6.18. The Hall–Kier alpha value is -4.24. The molecule has 0 radical (unpaired) electrons. The van der Waals surface area contributed by atoms with Crippen molar-refractivity contribution in [3.8, 4) is 17.2 Å². The highest BCUT2D eigenvalue weighted by Gasteiger charge is 2.18. The maximum absolute atomic E-state index is 12.9. The normalized spacial score (nSPS) is 13.5. The molecule has 0 aliphatic carbocycles. The molecule has 1 aliphatic rings. The molecule has 1 saturated heterocycles. The van der Waals surface area contributed by atoms with Gasteiger partial charge in [-0.1, -0.05) is 18.2 Å². The molecule has 198 valence electrons. The predicted octanol–water partition coefficient (Wildman–Crippen LogP) is 3.04. The number of ether oxygens (including phenoxy) is 2. The topological polar surface area (TPSA) is 76.8 Å². The molecule has 0 spiro atoms. The average Bonchev–Trinajstić information content (AvgIpc) is 3.35. The lowest BCUT2D eigenvalue weighted by Gasteiger charge is -2.37. The highest BCUT2D eigenvalue weighted by molar-refractivity contribution is 5.54. The minimum atomic E-state index is -0.145. The first-order valence-electron chi connectivity index (χ1n) is 13.0. The summed E-state index contributed by atoms with van der Waals surface area (Å²) in [7, 11) is 1.69. The van der Waals surface area contributed by atoms with Crippen LogP contribution in [0.5, 0.6) is 11.5 Å². The standard InChI is InChI=1S/C29H34N6O3/c1-37-27-13-11-25(12-14-27)33-20-18-32(19-21-33)24-7-9-26(10-8-24)34-23-31-35(29(34)36)17-15-30-16-22-38-28-5-3-2-4-6-28/h2-14,23,30H,15-22H2,1H3. The van der Waals surface area contributed by atoms with E-state index in [1.54, 1.807) is 18.0 Å². The number of benzene rings is 3. The molecule has 0 amide bonds. The Morgan fingerprint density at radius 1 is 0.763 bits per heavy atom. The highest BCUT2D eigenvalue weighted by Crippen LogP contribution is 2.23. The number of para-hydroxylation sites is 1. The van der Waals surface area contributed by atoms with Gasteiger partial charge in [-0.25, -0.2) is 14.0 Å². The molecule has 38 heavy (non-hydrogen) atoms. The molecule has 0 unspecified atom stereocenters. The van der Waals surface area contributed by atoms with Gasteiger partial charge in [0, 0.05) is 50.6 Å².